The zero-order valence-corrected chi connectivity index (χ0v) is 32.2. The Morgan fingerprint density at radius 2 is 1.09 bits per heavy atom. The number of hydrogen-bond donors (Lipinski definition) is 2. The molecule has 0 radical (unpaired) electrons. The quantitative estimate of drug-likeness (QED) is 0.0592. The van der Waals surface area contributed by atoms with Crippen LogP contribution in [0.2, 0.25) is 0 Å². The number of H-pyrrole nitrogens is 2. The molecule has 288 valence electrons. The van der Waals surface area contributed by atoms with Gasteiger partial charge in [-0.15, -0.1) is 10.2 Å². The molecule has 0 saturated heterocycles. The van der Waals surface area contributed by atoms with Crippen molar-refractivity contribution in [1.29, 1.82) is 0 Å². The van der Waals surface area contributed by atoms with Crippen molar-refractivity contribution in [2.75, 3.05) is 0 Å². The van der Waals surface area contributed by atoms with Crippen molar-refractivity contribution in [3.8, 4) is 34.4 Å². The van der Waals surface area contributed by atoms with Crippen LogP contribution < -0.4 is 0 Å². The molecule has 0 unspecified atom stereocenters. The van der Waals surface area contributed by atoms with Crippen molar-refractivity contribution < 1.29 is 9.85 Å². The summed E-state index contributed by atoms with van der Waals surface area (Å²) in [5, 5.41) is 54.1. The lowest BCUT2D eigenvalue weighted by Crippen LogP contribution is -2.07. The second-order valence-electron chi connectivity index (χ2n) is 12.3. The van der Waals surface area contributed by atoms with Crippen LogP contribution in [0.15, 0.2) is 132 Å². The smallest absolute Gasteiger partial charge is 0.258 e. The van der Waals surface area contributed by atoms with Crippen LogP contribution in [0.5, 0.6) is 0 Å². The lowest BCUT2D eigenvalue weighted by molar-refractivity contribution is -0.385. The minimum Gasteiger partial charge on any atom is -0.258 e. The van der Waals surface area contributed by atoms with E-state index in [0.717, 1.165) is 33.9 Å². The number of nitrogens with one attached hydrogen (secondary N) is 2. The standard InChI is InChI=1S/2C19H15N7O2S/c1-13-11-16(14-7-3-2-4-8-14)23-24(13)18-21-22-19(29)25(18)20-12-15-9-5-6-10-17(15)26(27)28;1-13-11-17(14-7-3-2-4-8-14)24(23-13)18-21-22-19(29)25(18)20-12-15-9-5-6-10-16(15)26(27)28/h2*2-12H,1H3,(H,22,29)/b2*20-12+. The minimum atomic E-state index is -0.458. The molecule has 0 aliphatic carbocycles. The molecular weight excluding hydrogens is 781 g/mol. The van der Waals surface area contributed by atoms with E-state index in [1.807, 2.05) is 86.6 Å². The van der Waals surface area contributed by atoms with Crippen LogP contribution in [0.4, 0.5) is 11.4 Å². The summed E-state index contributed by atoms with van der Waals surface area (Å²) < 4.78 is 6.48. The van der Waals surface area contributed by atoms with E-state index in [2.05, 4.69) is 40.8 Å². The van der Waals surface area contributed by atoms with Gasteiger partial charge in [-0.25, -0.2) is 14.9 Å². The molecule has 20 heteroatoms. The van der Waals surface area contributed by atoms with Crippen LogP contribution in [-0.4, -0.2) is 71.6 Å². The Morgan fingerprint density at radius 3 is 1.60 bits per heavy atom. The number of nitro groups is 2. The fourth-order valence-electron chi connectivity index (χ4n) is 5.71. The molecule has 0 spiro atoms. The Hall–Kier alpha value is -7.84. The van der Waals surface area contributed by atoms with Crippen molar-refractivity contribution in [3.63, 3.8) is 0 Å². The molecule has 0 amide bonds. The van der Waals surface area contributed by atoms with E-state index in [0.29, 0.717) is 23.0 Å². The molecule has 18 nitrogen and oxygen atoms in total. The van der Waals surface area contributed by atoms with E-state index in [1.54, 1.807) is 45.8 Å². The van der Waals surface area contributed by atoms with E-state index in [4.69, 9.17) is 24.4 Å². The largest absolute Gasteiger partial charge is 0.278 e. The van der Waals surface area contributed by atoms with E-state index in [9.17, 15) is 20.2 Å². The van der Waals surface area contributed by atoms with Crippen LogP contribution >= 0.6 is 24.4 Å². The molecular formula is C38H30N14O4S2. The van der Waals surface area contributed by atoms with Crippen LogP contribution in [0.1, 0.15) is 22.5 Å². The molecule has 0 fully saturated rings. The fraction of sp³-hybridized carbons (Fsp3) is 0.0526. The van der Waals surface area contributed by atoms with Gasteiger partial charge in [0.15, 0.2) is 0 Å². The Kier molecular flexibility index (Phi) is 11.2. The molecule has 0 atom stereocenters. The van der Waals surface area contributed by atoms with Gasteiger partial charge in [-0.3, -0.25) is 20.2 Å². The number of rotatable bonds is 10. The highest BCUT2D eigenvalue weighted by atomic mass is 32.1. The van der Waals surface area contributed by atoms with E-state index < -0.39 is 9.85 Å². The van der Waals surface area contributed by atoms with Crippen molar-refractivity contribution in [2.45, 2.75) is 13.8 Å². The van der Waals surface area contributed by atoms with Gasteiger partial charge in [-0.05, 0) is 62.5 Å². The summed E-state index contributed by atoms with van der Waals surface area (Å²) in [6.45, 7) is 3.78. The third-order valence-corrected chi connectivity index (χ3v) is 8.92. The van der Waals surface area contributed by atoms with Gasteiger partial charge in [0.25, 0.3) is 23.3 Å². The predicted molar refractivity (Wildman–Crippen MR) is 222 cm³/mol. The van der Waals surface area contributed by atoms with Gasteiger partial charge in [-0.1, -0.05) is 84.9 Å². The average molecular weight is 811 g/mol. The summed E-state index contributed by atoms with van der Waals surface area (Å²) in [4.78, 5) is 21.5. The molecule has 4 aromatic carbocycles. The summed E-state index contributed by atoms with van der Waals surface area (Å²) in [6.07, 6.45) is 2.76. The molecule has 0 aliphatic rings. The number of hydrogen-bond acceptors (Lipinski definition) is 12. The lowest BCUT2D eigenvalue weighted by atomic mass is 10.1. The highest BCUT2D eigenvalue weighted by Gasteiger charge is 2.18. The number of para-hydroxylation sites is 2. The zero-order chi connectivity index (χ0) is 40.8. The summed E-state index contributed by atoms with van der Waals surface area (Å²) in [5.41, 5.74) is 5.77. The van der Waals surface area contributed by atoms with Crippen LogP contribution in [-0.2, 0) is 0 Å². The predicted octanol–water partition coefficient (Wildman–Crippen LogP) is 7.78. The number of aryl methyl sites for hydroxylation is 2. The summed E-state index contributed by atoms with van der Waals surface area (Å²) >= 11 is 10.6. The molecule has 58 heavy (non-hydrogen) atoms. The molecule has 4 aromatic heterocycles. The van der Waals surface area contributed by atoms with Gasteiger partial charge in [-0.2, -0.15) is 34.4 Å². The third-order valence-electron chi connectivity index (χ3n) is 8.40. The summed E-state index contributed by atoms with van der Waals surface area (Å²) in [7, 11) is 0. The van der Waals surface area contributed by atoms with Crippen LogP contribution in [0.3, 0.4) is 0 Å². The zero-order valence-electron chi connectivity index (χ0n) is 30.5. The second-order valence-corrected chi connectivity index (χ2v) is 13.1. The maximum Gasteiger partial charge on any atom is 0.278 e. The fourth-order valence-corrected chi connectivity index (χ4v) is 6.06. The molecule has 2 N–H and O–H groups in total. The number of nitro benzene ring substituents is 2. The molecule has 0 saturated carbocycles. The third kappa shape index (κ3) is 8.22. The summed E-state index contributed by atoms with van der Waals surface area (Å²) in [6, 6.07) is 36.0. The van der Waals surface area contributed by atoms with Crippen molar-refractivity contribution >= 4 is 48.2 Å². The first kappa shape index (κ1) is 38.4. The van der Waals surface area contributed by atoms with E-state index >= 15 is 0 Å². The Balaban J connectivity index is 0.000000177. The SMILES string of the molecule is Cc1cc(-c2ccccc2)n(-c2n[nH]c(=S)n2/N=C/c2ccccc2[N+](=O)[O-])n1.Cc1cc(-c2ccccc2)nn1-c1n[nH]c(=S)n1/N=C/c1ccccc1[N+](=O)[O-]. The maximum absolute atomic E-state index is 11.2. The van der Waals surface area contributed by atoms with Gasteiger partial charge >= 0.3 is 0 Å². The topological polar surface area (TPSA) is 214 Å². The molecule has 0 bridgehead atoms. The van der Waals surface area contributed by atoms with Gasteiger partial charge < -0.3 is 0 Å². The van der Waals surface area contributed by atoms with Gasteiger partial charge in [0.05, 0.1) is 50.5 Å². The van der Waals surface area contributed by atoms with Gasteiger partial charge in [0.1, 0.15) is 0 Å². The van der Waals surface area contributed by atoms with Crippen molar-refractivity contribution in [3.05, 3.63) is 174 Å². The Bertz CT molecular complexity index is 2940. The van der Waals surface area contributed by atoms with Gasteiger partial charge in [0.2, 0.25) is 9.54 Å². The van der Waals surface area contributed by atoms with Gasteiger partial charge in [0, 0.05) is 29.0 Å². The number of benzene rings is 4. The average Bonchev–Trinajstić information content (AvgIpc) is 4.02. The van der Waals surface area contributed by atoms with E-state index in [-0.39, 0.29) is 20.9 Å². The van der Waals surface area contributed by atoms with Crippen molar-refractivity contribution in [1.82, 2.24) is 49.3 Å². The van der Waals surface area contributed by atoms with Crippen LogP contribution in [0, 0.1) is 43.6 Å². The number of nitrogens with zero attached hydrogens (tertiary/aromatic N) is 12. The first-order valence-electron chi connectivity index (χ1n) is 17.2. The van der Waals surface area contributed by atoms with E-state index in [1.165, 1.54) is 33.9 Å². The Morgan fingerprint density at radius 1 is 0.621 bits per heavy atom. The number of aromatic nitrogens is 10. The van der Waals surface area contributed by atoms with Crippen LogP contribution in [0.25, 0.3) is 34.4 Å². The molecule has 4 heterocycles. The maximum atomic E-state index is 11.2. The second kappa shape index (κ2) is 16.9. The molecule has 8 aromatic rings. The first-order valence-corrected chi connectivity index (χ1v) is 18.1. The molecule has 8 rings (SSSR count). The lowest BCUT2D eigenvalue weighted by Gasteiger charge is -2.06. The first-order chi connectivity index (χ1) is 28.1. The normalized spacial score (nSPS) is 11.2. The Labute approximate surface area is 338 Å². The summed E-state index contributed by atoms with van der Waals surface area (Å²) in [5.74, 6) is 0.696. The highest BCUT2D eigenvalue weighted by molar-refractivity contribution is 7.71. The highest BCUT2D eigenvalue weighted by Crippen LogP contribution is 2.24. The molecule has 0 aliphatic heterocycles. The monoisotopic (exact) mass is 810 g/mol. The number of aromatic amines is 2. The van der Waals surface area contributed by atoms with Crippen molar-refractivity contribution in [2.24, 2.45) is 10.2 Å². The minimum absolute atomic E-state index is 0.0468.